The van der Waals surface area contributed by atoms with Crippen LogP contribution >= 0.6 is 0 Å². The summed E-state index contributed by atoms with van der Waals surface area (Å²) in [5.74, 6) is 2.59. The lowest BCUT2D eigenvalue weighted by Crippen LogP contribution is -2.00. The lowest BCUT2D eigenvalue weighted by atomic mass is 10.2. The zero-order valence-corrected chi connectivity index (χ0v) is 14.7. The molecule has 0 N–H and O–H groups in total. The molecule has 3 aromatic heterocycles. The predicted molar refractivity (Wildman–Crippen MR) is 97.6 cm³/mol. The molecular weight excluding hydrogens is 344 g/mol. The molecule has 0 unspecified atom stereocenters. The van der Waals surface area contributed by atoms with Crippen molar-refractivity contribution in [1.82, 2.24) is 29.5 Å². The van der Waals surface area contributed by atoms with Gasteiger partial charge in [0, 0.05) is 29.9 Å². The van der Waals surface area contributed by atoms with Crippen molar-refractivity contribution in [2.45, 2.75) is 13.3 Å². The van der Waals surface area contributed by atoms with E-state index in [1.165, 1.54) is 6.33 Å². The van der Waals surface area contributed by atoms with Gasteiger partial charge in [0.15, 0.2) is 17.3 Å². The number of aromatic nitrogens is 6. The van der Waals surface area contributed by atoms with Gasteiger partial charge in [-0.1, -0.05) is 0 Å². The molecule has 1 aromatic carbocycles. The number of nitrogens with zero attached hydrogens (tertiary/aromatic N) is 6. The first-order chi connectivity index (χ1) is 13.3. The third-order valence-corrected chi connectivity index (χ3v) is 4.47. The normalized spacial score (nSPS) is 13.5. The van der Waals surface area contributed by atoms with Crippen LogP contribution in [0.3, 0.4) is 0 Å². The van der Waals surface area contributed by atoms with Crippen LogP contribution in [0.25, 0.3) is 28.4 Å². The van der Waals surface area contributed by atoms with E-state index in [0.29, 0.717) is 24.8 Å². The van der Waals surface area contributed by atoms with Crippen molar-refractivity contribution in [2.75, 3.05) is 13.2 Å². The van der Waals surface area contributed by atoms with Crippen molar-refractivity contribution in [1.29, 1.82) is 0 Å². The minimum atomic E-state index is 0.535. The smallest absolute Gasteiger partial charge is 0.252 e. The minimum Gasteiger partial charge on any atom is -0.490 e. The molecule has 0 bridgehead atoms. The largest absolute Gasteiger partial charge is 0.490 e. The van der Waals surface area contributed by atoms with Gasteiger partial charge in [-0.2, -0.15) is 4.98 Å². The molecule has 0 amide bonds. The number of benzene rings is 1. The monoisotopic (exact) mass is 360 g/mol. The first-order valence-corrected chi connectivity index (χ1v) is 8.68. The van der Waals surface area contributed by atoms with Gasteiger partial charge < -0.3 is 9.47 Å². The van der Waals surface area contributed by atoms with E-state index in [1.807, 2.05) is 31.2 Å². The second-order valence-electron chi connectivity index (χ2n) is 6.21. The number of fused-ring (bicyclic) bond motifs is 2. The molecule has 5 rings (SSSR count). The molecule has 0 fully saturated rings. The summed E-state index contributed by atoms with van der Waals surface area (Å²) in [5.41, 5.74) is 3.45. The first kappa shape index (κ1) is 15.7. The van der Waals surface area contributed by atoms with Crippen LogP contribution in [0.5, 0.6) is 11.5 Å². The van der Waals surface area contributed by atoms with Crippen LogP contribution in [0.4, 0.5) is 0 Å². The van der Waals surface area contributed by atoms with Crippen LogP contribution in [-0.2, 0) is 0 Å². The summed E-state index contributed by atoms with van der Waals surface area (Å²) in [6.45, 7) is 3.27. The predicted octanol–water partition coefficient (Wildman–Crippen LogP) is 2.72. The molecule has 0 aliphatic carbocycles. The van der Waals surface area contributed by atoms with E-state index in [9.17, 15) is 0 Å². The topological polar surface area (TPSA) is 87.3 Å². The fraction of sp³-hybridized carbons (Fsp3) is 0.211. The fourth-order valence-corrected chi connectivity index (χ4v) is 3.07. The van der Waals surface area contributed by atoms with Crippen molar-refractivity contribution in [3.8, 4) is 34.1 Å². The molecule has 27 heavy (non-hydrogen) atoms. The number of aryl methyl sites for hydroxylation is 1. The highest BCUT2D eigenvalue weighted by Crippen LogP contribution is 2.33. The van der Waals surface area contributed by atoms with Crippen molar-refractivity contribution in [3.63, 3.8) is 0 Å². The summed E-state index contributed by atoms with van der Waals surface area (Å²) >= 11 is 0. The maximum Gasteiger partial charge on any atom is 0.252 e. The molecule has 4 aromatic rings. The third kappa shape index (κ3) is 2.75. The minimum absolute atomic E-state index is 0.535. The van der Waals surface area contributed by atoms with Crippen molar-refractivity contribution >= 4 is 5.78 Å². The molecule has 0 radical (unpaired) electrons. The third-order valence-electron chi connectivity index (χ3n) is 4.47. The van der Waals surface area contributed by atoms with E-state index >= 15 is 0 Å². The zero-order valence-electron chi connectivity index (χ0n) is 14.7. The van der Waals surface area contributed by atoms with E-state index in [2.05, 4.69) is 25.0 Å². The van der Waals surface area contributed by atoms with Gasteiger partial charge >= 0.3 is 0 Å². The van der Waals surface area contributed by atoms with E-state index in [1.54, 1.807) is 16.9 Å². The van der Waals surface area contributed by atoms with Gasteiger partial charge in [-0.25, -0.2) is 19.5 Å². The average Bonchev–Trinajstić information content (AvgIpc) is 3.01. The molecule has 1 aliphatic heterocycles. The van der Waals surface area contributed by atoms with Gasteiger partial charge in [-0.3, -0.25) is 0 Å². The highest BCUT2D eigenvalue weighted by atomic mass is 16.5. The Labute approximate surface area is 154 Å². The van der Waals surface area contributed by atoms with E-state index < -0.39 is 0 Å². The molecule has 0 atom stereocenters. The van der Waals surface area contributed by atoms with Crippen molar-refractivity contribution < 1.29 is 9.47 Å². The van der Waals surface area contributed by atoms with Crippen LogP contribution < -0.4 is 9.47 Å². The average molecular weight is 360 g/mol. The summed E-state index contributed by atoms with van der Waals surface area (Å²) in [5, 5.41) is 4.64. The van der Waals surface area contributed by atoms with Crippen molar-refractivity contribution in [3.05, 3.63) is 48.7 Å². The molecule has 8 nitrogen and oxygen atoms in total. The van der Waals surface area contributed by atoms with Crippen LogP contribution in [0.1, 0.15) is 12.1 Å². The lowest BCUT2D eigenvalue weighted by Gasteiger charge is -2.07. The lowest BCUT2D eigenvalue weighted by molar-refractivity contribution is 0.297. The number of rotatable bonds is 2. The molecule has 1 aliphatic rings. The highest BCUT2D eigenvalue weighted by molar-refractivity contribution is 5.65. The molecule has 0 saturated carbocycles. The Balaban J connectivity index is 1.59. The zero-order chi connectivity index (χ0) is 18.2. The Hall–Kier alpha value is -3.55. The standard InChI is InChI=1S/C19H16N6O2/c1-12-14(15-5-6-20-11-22-15)10-21-19-23-18(24-25(12)19)13-3-4-16-17(9-13)27-8-2-7-26-16/h3-6,9-11H,2,7-8H2,1H3. The number of hydrogen-bond donors (Lipinski definition) is 0. The number of ether oxygens (including phenoxy) is 2. The quantitative estimate of drug-likeness (QED) is 0.543. The maximum atomic E-state index is 5.77. The SMILES string of the molecule is Cc1c(-c2ccncn2)cnc2nc(-c3ccc4c(c3)OCCCO4)nn12. The Bertz CT molecular complexity index is 1130. The first-order valence-electron chi connectivity index (χ1n) is 8.68. The van der Waals surface area contributed by atoms with E-state index in [0.717, 1.165) is 40.4 Å². The molecule has 0 saturated heterocycles. The molecule has 8 heteroatoms. The Kier molecular flexibility index (Phi) is 3.67. The van der Waals surface area contributed by atoms with Crippen LogP contribution in [0.2, 0.25) is 0 Å². The Morgan fingerprint density at radius 3 is 2.78 bits per heavy atom. The molecule has 4 heterocycles. The van der Waals surface area contributed by atoms with E-state index in [-0.39, 0.29) is 0 Å². The summed E-state index contributed by atoms with van der Waals surface area (Å²) < 4.78 is 13.2. The second kappa shape index (κ2) is 6.31. The Morgan fingerprint density at radius 2 is 1.93 bits per heavy atom. The van der Waals surface area contributed by atoms with Crippen LogP contribution in [0.15, 0.2) is 43.0 Å². The van der Waals surface area contributed by atoms with Gasteiger partial charge in [0.25, 0.3) is 5.78 Å². The number of hydrogen-bond acceptors (Lipinski definition) is 7. The summed E-state index contributed by atoms with van der Waals surface area (Å²) in [7, 11) is 0. The highest BCUT2D eigenvalue weighted by Gasteiger charge is 2.16. The second-order valence-corrected chi connectivity index (χ2v) is 6.21. The maximum absolute atomic E-state index is 5.77. The van der Waals surface area contributed by atoms with Crippen LogP contribution in [-0.4, -0.2) is 42.8 Å². The molecular formula is C19H16N6O2. The van der Waals surface area contributed by atoms with Gasteiger partial charge in [0.1, 0.15) is 6.33 Å². The van der Waals surface area contributed by atoms with Gasteiger partial charge in [0.05, 0.1) is 24.6 Å². The van der Waals surface area contributed by atoms with E-state index in [4.69, 9.17) is 9.47 Å². The van der Waals surface area contributed by atoms with Crippen LogP contribution in [0, 0.1) is 6.92 Å². The van der Waals surface area contributed by atoms with Crippen molar-refractivity contribution in [2.24, 2.45) is 0 Å². The van der Waals surface area contributed by atoms with Gasteiger partial charge in [-0.05, 0) is 31.2 Å². The molecule has 134 valence electrons. The Morgan fingerprint density at radius 1 is 1.04 bits per heavy atom. The summed E-state index contributed by atoms with van der Waals surface area (Å²) in [6, 6.07) is 7.59. The summed E-state index contributed by atoms with van der Waals surface area (Å²) in [6.07, 6.45) is 5.85. The van der Waals surface area contributed by atoms with Gasteiger partial charge in [-0.15, -0.1) is 5.10 Å². The van der Waals surface area contributed by atoms with Gasteiger partial charge in [0.2, 0.25) is 0 Å². The fourth-order valence-electron chi connectivity index (χ4n) is 3.07. The molecule has 0 spiro atoms. The summed E-state index contributed by atoms with van der Waals surface area (Å²) in [4.78, 5) is 17.3.